The summed E-state index contributed by atoms with van der Waals surface area (Å²) in [7, 11) is 0. The van der Waals surface area contributed by atoms with Crippen LogP contribution in [0.1, 0.15) is 5.56 Å². The van der Waals surface area contributed by atoms with Crippen LogP contribution in [-0.4, -0.2) is 17.7 Å². The van der Waals surface area contributed by atoms with E-state index in [0.717, 1.165) is 17.3 Å². The second-order valence-corrected chi connectivity index (χ2v) is 4.16. The van der Waals surface area contributed by atoms with Crippen LogP contribution in [0.15, 0.2) is 17.0 Å². The number of hydrogen-bond acceptors (Lipinski definition) is 4. The number of benzene rings is 1. The summed E-state index contributed by atoms with van der Waals surface area (Å²) in [5.41, 5.74) is 0.739. The number of halogens is 1. The van der Waals surface area contributed by atoms with Crippen molar-refractivity contribution in [3.63, 3.8) is 0 Å². The zero-order chi connectivity index (χ0) is 12.1. The lowest BCUT2D eigenvalue weighted by Gasteiger charge is -2.09. The molecular weight excluding hydrogens is 250 g/mol. The molecule has 0 atom stereocenters. The van der Waals surface area contributed by atoms with Crippen LogP contribution >= 0.6 is 23.4 Å². The van der Waals surface area contributed by atoms with Gasteiger partial charge in [0.2, 0.25) is 0 Å². The summed E-state index contributed by atoms with van der Waals surface area (Å²) in [5, 5.41) is 19.3. The van der Waals surface area contributed by atoms with Crippen LogP contribution in [0.5, 0.6) is 5.75 Å². The molecule has 0 aromatic heterocycles. The molecule has 0 saturated heterocycles. The van der Waals surface area contributed by atoms with E-state index < -0.39 is 12.6 Å². The number of carbonyl (C=O) groups is 1. The molecule has 0 aliphatic carbocycles. The highest BCUT2D eigenvalue weighted by Gasteiger charge is 2.08. The lowest BCUT2D eigenvalue weighted by Crippen LogP contribution is -2.10. The Morgan fingerprint density at radius 1 is 1.69 bits per heavy atom. The van der Waals surface area contributed by atoms with Crippen molar-refractivity contribution < 1.29 is 14.6 Å². The van der Waals surface area contributed by atoms with Gasteiger partial charge in [-0.1, -0.05) is 11.6 Å². The van der Waals surface area contributed by atoms with Crippen LogP contribution in [0.2, 0.25) is 5.02 Å². The Morgan fingerprint density at radius 2 is 2.38 bits per heavy atom. The predicted molar refractivity (Wildman–Crippen MR) is 60.8 cm³/mol. The van der Waals surface area contributed by atoms with Crippen molar-refractivity contribution in [3.8, 4) is 11.2 Å². The lowest BCUT2D eigenvalue weighted by atomic mass is 10.2. The molecule has 0 radical (unpaired) electrons. The van der Waals surface area contributed by atoms with Gasteiger partial charge >= 0.3 is 5.97 Å². The van der Waals surface area contributed by atoms with Gasteiger partial charge in [-0.05, 0) is 30.3 Å². The number of thioether (sulfide) groups is 1. The second kappa shape index (κ2) is 5.64. The number of carboxylic acid groups (broad SMARTS) is 1. The predicted octanol–water partition coefficient (Wildman–Crippen LogP) is 2.69. The van der Waals surface area contributed by atoms with E-state index in [-0.39, 0.29) is 0 Å². The number of rotatable bonds is 4. The topological polar surface area (TPSA) is 70.3 Å². The van der Waals surface area contributed by atoms with Gasteiger partial charge in [0.25, 0.3) is 0 Å². The van der Waals surface area contributed by atoms with Crippen molar-refractivity contribution >= 4 is 29.3 Å². The first-order valence-corrected chi connectivity index (χ1v) is 5.44. The van der Waals surface area contributed by atoms with Crippen molar-refractivity contribution in [2.45, 2.75) is 11.8 Å². The minimum Gasteiger partial charge on any atom is -0.482 e. The third-order valence-corrected chi connectivity index (χ3v) is 2.81. The van der Waals surface area contributed by atoms with Crippen LogP contribution < -0.4 is 4.74 Å². The SMILES string of the molecule is Cc1cc(SC#N)c(Cl)cc1OCC(=O)O. The molecule has 16 heavy (non-hydrogen) atoms. The van der Waals surface area contributed by atoms with Gasteiger partial charge in [-0.3, -0.25) is 0 Å². The van der Waals surface area contributed by atoms with E-state index in [1.54, 1.807) is 13.0 Å². The standard InChI is InChI=1S/C10H8ClNO3S/c1-6-2-9(16-5-12)7(11)3-8(6)15-4-10(13)14/h2-3H,4H2,1H3,(H,13,14). The summed E-state index contributed by atoms with van der Waals surface area (Å²) >= 11 is 6.85. The zero-order valence-corrected chi connectivity index (χ0v) is 9.93. The van der Waals surface area contributed by atoms with Gasteiger partial charge in [-0.15, -0.1) is 0 Å². The summed E-state index contributed by atoms with van der Waals surface area (Å²) in [6, 6.07) is 3.20. The Labute approximate surface area is 102 Å². The molecule has 6 heteroatoms. The van der Waals surface area contributed by atoms with Gasteiger partial charge in [-0.2, -0.15) is 5.26 Å². The molecule has 1 aromatic carbocycles. The lowest BCUT2D eigenvalue weighted by molar-refractivity contribution is -0.139. The van der Waals surface area contributed by atoms with Crippen LogP contribution in [-0.2, 0) is 4.79 Å². The van der Waals surface area contributed by atoms with Gasteiger partial charge in [0, 0.05) is 11.0 Å². The monoisotopic (exact) mass is 257 g/mol. The molecule has 0 saturated carbocycles. The minimum absolute atomic E-state index is 0.373. The number of aliphatic carboxylic acids is 1. The normalized spacial score (nSPS) is 9.56. The maximum Gasteiger partial charge on any atom is 0.341 e. The maximum absolute atomic E-state index is 10.3. The van der Waals surface area contributed by atoms with E-state index >= 15 is 0 Å². The largest absolute Gasteiger partial charge is 0.482 e. The fourth-order valence-electron chi connectivity index (χ4n) is 1.06. The third kappa shape index (κ3) is 3.33. The van der Waals surface area contributed by atoms with Gasteiger partial charge in [0.05, 0.1) is 5.02 Å². The van der Waals surface area contributed by atoms with E-state index in [1.165, 1.54) is 6.07 Å². The number of carboxylic acids is 1. The van der Waals surface area contributed by atoms with Crippen molar-refractivity contribution in [2.75, 3.05) is 6.61 Å². The minimum atomic E-state index is -1.05. The molecule has 4 nitrogen and oxygen atoms in total. The average Bonchev–Trinajstić information content (AvgIpc) is 2.21. The molecule has 1 rings (SSSR count). The first kappa shape index (κ1) is 12.7. The molecule has 0 aliphatic rings. The quantitative estimate of drug-likeness (QED) is 0.663. The highest BCUT2D eigenvalue weighted by atomic mass is 35.5. The van der Waals surface area contributed by atoms with E-state index in [2.05, 4.69) is 0 Å². The van der Waals surface area contributed by atoms with E-state index in [0.29, 0.717) is 15.7 Å². The number of nitriles is 1. The van der Waals surface area contributed by atoms with Gasteiger partial charge < -0.3 is 9.84 Å². The second-order valence-electron chi connectivity index (χ2n) is 2.92. The van der Waals surface area contributed by atoms with E-state index in [9.17, 15) is 4.79 Å². The number of aryl methyl sites for hydroxylation is 1. The molecule has 0 amide bonds. The molecule has 0 spiro atoms. The number of thiocyanates is 1. The number of hydrogen-bond donors (Lipinski definition) is 1. The third-order valence-electron chi connectivity index (χ3n) is 1.74. The van der Waals surface area contributed by atoms with Crippen molar-refractivity contribution in [1.82, 2.24) is 0 Å². The molecule has 1 N–H and O–H groups in total. The Balaban J connectivity index is 2.92. The van der Waals surface area contributed by atoms with Crippen molar-refractivity contribution in [3.05, 3.63) is 22.7 Å². The average molecular weight is 258 g/mol. The van der Waals surface area contributed by atoms with Crippen LogP contribution in [0, 0.1) is 17.6 Å². The van der Waals surface area contributed by atoms with Crippen LogP contribution in [0.25, 0.3) is 0 Å². The number of ether oxygens (including phenoxy) is 1. The highest BCUT2D eigenvalue weighted by molar-refractivity contribution is 8.03. The van der Waals surface area contributed by atoms with Crippen molar-refractivity contribution in [2.24, 2.45) is 0 Å². The summed E-state index contributed by atoms with van der Waals surface area (Å²) in [6.45, 7) is 1.34. The molecule has 0 bridgehead atoms. The van der Waals surface area contributed by atoms with E-state index in [1.807, 2.05) is 5.40 Å². The molecule has 1 aromatic rings. The zero-order valence-electron chi connectivity index (χ0n) is 8.36. The Bertz CT molecular complexity index is 456. The Morgan fingerprint density at radius 3 is 2.94 bits per heavy atom. The Kier molecular flexibility index (Phi) is 4.47. The van der Waals surface area contributed by atoms with Crippen LogP contribution in [0.3, 0.4) is 0 Å². The smallest absolute Gasteiger partial charge is 0.341 e. The first-order valence-electron chi connectivity index (χ1n) is 4.25. The van der Waals surface area contributed by atoms with Gasteiger partial charge in [-0.25, -0.2) is 4.79 Å². The molecular formula is C10H8ClNO3S. The fourth-order valence-corrected chi connectivity index (χ4v) is 1.82. The fraction of sp³-hybridized carbons (Fsp3) is 0.200. The first-order chi connectivity index (χ1) is 7.54. The maximum atomic E-state index is 10.3. The summed E-state index contributed by atoms with van der Waals surface area (Å²) < 4.78 is 5.04. The molecule has 0 aliphatic heterocycles. The van der Waals surface area contributed by atoms with Gasteiger partial charge in [0.15, 0.2) is 6.61 Å². The summed E-state index contributed by atoms with van der Waals surface area (Å²) in [6.07, 6.45) is 0. The molecule has 0 unspecified atom stereocenters. The van der Waals surface area contributed by atoms with Crippen molar-refractivity contribution in [1.29, 1.82) is 5.26 Å². The molecule has 0 fully saturated rings. The summed E-state index contributed by atoms with van der Waals surface area (Å²) in [4.78, 5) is 11.0. The van der Waals surface area contributed by atoms with Gasteiger partial charge in [0.1, 0.15) is 11.2 Å². The Hall–Kier alpha value is -1.38. The number of nitrogens with zero attached hydrogens (tertiary/aromatic N) is 1. The molecule has 84 valence electrons. The van der Waals surface area contributed by atoms with Crippen LogP contribution in [0.4, 0.5) is 0 Å². The molecule has 0 heterocycles. The summed E-state index contributed by atoms with van der Waals surface area (Å²) in [5.74, 6) is -0.638. The highest BCUT2D eigenvalue weighted by Crippen LogP contribution is 2.32. The van der Waals surface area contributed by atoms with E-state index in [4.69, 9.17) is 26.7 Å².